The van der Waals surface area contributed by atoms with Crippen LogP contribution in [0.4, 0.5) is 11.4 Å². The molecule has 5 heteroatoms. The van der Waals surface area contributed by atoms with Crippen LogP contribution in [0.1, 0.15) is 0 Å². The van der Waals surface area contributed by atoms with Gasteiger partial charge in [-0.25, -0.2) is 4.99 Å². The maximum Gasteiger partial charge on any atom is 0.269 e. The number of non-ortho nitro benzene ring substituents is 1. The lowest BCUT2D eigenvalue weighted by Gasteiger charge is -2.15. The zero-order chi connectivity index (χ0) is 11.5. The molecule has 1 rings (SSSR count). The van der Waals surface area contributed by atoms with Gasteiger partial charge in [-0.3, -0.25) is 14.6 Å². The predicted octanol–water partition coefficient (Wildman–Crippen LogP) is 1.96. The first-order valence-electron chi connectivity index (χ1n) is 4.49. The molecule has 0 unspecified atom stereocenters. The molecule has 15 heavy (non-hydrogen) atoms. The zero-order valence-corrected chi connectivity index (χ0v) is 9.04. The third kappa shape index (κ3) is 3.86. The Kier molecular flexibility index (Phi) is 3.16. The third-order valence-corrected chi connectivity index (χ3v) is 1.61. The van der Waals surface area contributed by atoms with Gasteiger partial charge in [-0.05, 0) is 12.1 Å². The molecule has 1 aromatic rings. The largest absolute Gasteiger partial charge is 0.288 e. The second kappa shape index (κ2) is 4.18. The summed E-state index contributed by atoms with van der Waals surface area (Å²) in [5.74, 6) is 0. The smallest absolute Gasteiger partial charge is 0.269 e. The van der Waals surface area contributed by atoms with Crippen LogP contribution in [0.15, 0.2) is 29.3 Å². The summed E-state index contributed by atoms with van der Waals surface area (Å²) in [5.41, 5.74) is 0.799. The molecule has 0 fully saturated rings. The molecule has 0 amide bonds. The van der Waals surface area contributed by atoms with Crippen LogP contribution in [0, 0.1) is 10.1 Å². The number of benzene rings is 1. The fraction of sp³-hybridized carbons (Fsp3) is 0.300. The topological polar surface area (TPSA) is 55.5 Å². The number of nitro benzene ring substituents is 1. The highest BCUT2D eigenvalue weighted by Gasteiger charge is 2.04. The molecule has 0 spiro atoms. The SMILES string of the molecule is C[N+](C)(C)C=Nc1ccc([N+](=O)[O-])cc1. The summed E-state index contributed by atoms with van der Waals surface area (Å²) in [6.07, 6.45) is 1.77. The van der Waals surface area contributed by atoms with Crippen molar-refractivity contribution in [2.45, 2.75) is 0 Å². The predicted molar refractivity (Wildman–Crippen MR) is 59.3 cm³/mol. The van der Waals surface area contributed by atoms with E-state index in [1.165, 1.54) is 12.1 Å². The molecule has 0 heterocycles. The van der Waals surface area contributed by atoms with Crippen molar-refractivity contribution < 1.29 is 9.41 Å². The van der Waals surface area contributed by atoms with Crippen LogP contribution in [-0.4, -0.2) is 36.9 Å². The van der Waals surface area contributed by atoms with Crippen LogP contribution in [0.2, 0.25) is 0 Å². The van der Waals surface area contributed by atoms with E-state index < -0.39 is 4.92 Å². The van der Waals surface area contributed by atoms with Gasteiger partial charge < -0.3 is 0 Å². The molecule has 5 nitrogen and oxygen atoms in total. The minimum atomic E-state index is -0.423. The number of hydrogen-bond acceptors (Lipinski definition) is 3. The van der Waals surface area contributed by atoms with E-state index in [2.05, 4.69) is 4.99 Å². The first-order chi connectivity index (χ1) is 6.88. The molecule has 0 atom stereocenters. The molecular weight excluding hydrogens is 194 g/mol. The van der Waals surface area contributed by atoms with Gasteiger partial charge in [-0.15, -0.1) is 0 Å². The Morgan fingerprint density at radius 3 is 2.20 bits per heavy atom. The Morgan fingerprint density at radius 2 is 1.80 bits per heavy atom. The van der Waals surface area contributed by atoms with Gasteiger partial charge in [-0.2, -0.15) is 0 Å². The minimum absolute atomic E-state index is 0.0826. The lowest BCUT2D eigenvalue weighted by Crippen LogP contribution is -2.32. The second-order valence-electron chi connectivity index (χ2n) is 4.13. The normalized spacial score (nSPS) is 11.9. The lowest BCUT2D eigenvalue weighted by molar-refractivity contribution is -0.769. The number of quaternary nitrogens is 1. The molecule has 0 aliphatic rings. The molecule has 0 N–H and O–H groups in total. The third-order valence-electron chi connectivity index (χ3n) is 1.61. The van der Waals surface area contributed by atoms with E-state index in [0.717, 1.165) is 0 Å². The van der Waals surface area contributed by atoms with Gasteiger partial charge >= 0.3 is 0 Å². The molecule has 0 saturated carbocycles. The van der Waals surface area contributed by atoms with Gasteiger partial charge in [0, 0.05) is 12.1 Å². The summed E-state index contributed by atoms with van der Waals surface area (Å²) in [7, 11) is 5.94. The average Bonchev–Trinajstić information content (AvgIpc) is 2.14. The standard InChI is InChI=1S/C10H14N3O2/c1-13(2,3)8-11-9-4-6-10(7-5-9)12(14)15/h4-8H,1-3H3/q+1. The highest BCUT2D eigenvalue weighted by molar-refractivity contribution is 5.56. The van der Waals surface area contributed by atoms with Gasteiger partial charge in [0.25, 0.3) is 5.69 Å². The quantitative estimate of drug-likeness (QED) is 0.251. The molecule has 1 aromatic carbocycles. The van der Waals surface area contributed by atoms with Gasteiger partial charge in [0.05, 0.1) is 31.8 Å². The minimum Gasteiger partial charge on any atom is -0.288 e. The Labute approximate surface area is 88.4 Å². The van der Waals surface area contributed by atoms with E-state index >= 15 is 0 Å². The van der Waals surface area contributed by atoms with E-state index in [4.69, 9.17) is 0 Å². The van der Waals surface area contributed by atoms with Crippen LogP contribution in [0.3, 0.4) is 0 Å². The molecule has 0 aliphatic carbocycles. The van der Waals surface area contributed by atoms with E-state index in [9.17, 15) is 10.1 Å². The number of hydrogen-bond donors (Lipinski definition) is 0. The Bertz CT molecular complexity index is 377. The Hall–Kier alpha value is -1.75. The van der Waals surface area contributed by atoms with Gasteiger partial charge in [-0.1, -0.05) is 0 Å². The number of nitrogens with zero attached hydrogens (tertiary/aromatic N) is 3. The molecule has 0 aliphatic heterocycles. The van der Waals surface area contributed by atoms with Crippen molar-refractivity contribution in [2.24, 2.45) is 4.99 Å². The van der Waals surface area contributed by atoms with E-state index in [-0.39, 0.29) is 5.69 Å². The fourth-order valence-corrected chi connectivity index (χ4v) is 0.900. The average molecular weight is 208 g/mol. The monoisotopic (exact) mass is 208 g/mol. The van der Waals surface area contributed by atoms with E-state index in [0.29, 0.717) is 10.2 Å². The number of rotatable bonds is 3. The summed E-state index contributed by atoms with van der Waals surface area (Å²) in [4.78, 5) is 14.2. The van der Waals surface area contributed by atoms with Crippen molar-refractivity contribution in [1.29, 1.82) is 0 Å². The summed E-state index contributed by atoms with van der Waals surface area (Å²) in [6, 6.07) is 6.15. The lowest BCUT2D eigenvalue weighted by atomic mass is 10.3. The van der Waals surface area contributed by atoms with Crippen LogP contribution in [0.5, 0.6) is 0 Å². The Morgan fingerprint density at radius 1 is 1.27 bits per heavy atom. The summed E-state index contributed by atoms with van der Waals surface area (Å²) in [6.45, 7) is 0. The maximum atomic E-state index is 10.4. The number of nitro groups is 1. The summed E-state index contributed by atoms with van der Waals surface area (Å²) >= 11 is 0. The fourth-order valence-electron chi connectivity index (χ4n) is 0.900. The molecule has 0 bridgehead atoms. The molecule has 0 aromatic heterocycles. The van der Waals surface area contributed by atoms with Crippen molar-refractivity contribution >= 4 is 17.7 Å². The first kappa shape index (κ1) is 11.3. The highest BCUT2D eigenvalue weighted by atomic mass is 16.6. The van der Waals surface area contributed by atoms with E-state index in [1.807, 2.05) is 21.1 Å². The molecule has 0 radical (unpaired) electrons. The molecular formula is C10H14N3O2+. The zero-order valence-electron chi connectivity index (χ0n) is 9.04. The van der Waals surface area contributed by atoms with Crippen LogP contribution < -0.4 is 0 Å². The van der Waals surface area contributed by atoms with Crippen molar-refractivity contribution in [2.75, 3.05) is 21.1 Å². The molecule has 80 valence electrons. The van der Waals surface area contributed by atoms with Crippen LogP contribution in [-0.2, 0) is 0 Å². The van der Waals surface area contributed by atoms with Gasteiger partial charge in [0.1, 0.15) is 0 Å². The highest BCUT2D eigenvalue weighted by Crippen LogP contribution is 2.17. The number of aliphatic imine (C=N–C) groups is 1. The van der Waals surface area contributed by atoms with Crippen molar-refractivity contribution in [3.05, 3.63) is 34.4 Å². The van der Waals surface area contributed by atoms with Crippen LogP contribution in [0.25, 0.3) is 0 Å². The first-order valence-corrected chi connectivity index (χ1v) is 4.49. The maximum absolute atomic E-state index is 10.4. The van der Waals surface area contributed by atoms with Gasteiger partial charge in [0.15, 0.2) is 6.34 Å². The Balaban J connectivity index is 2.82. The second-order valence-corrected chi connectivity index (χ2v) is 4.13. The van der Waals surface area contributed by atoms with Crippen molar-refractivity contribution in [3.8, 4) is 0 Å². The van der Waals surface area contributed by atoms with E-state index in [1.54, 1.807) is 18.5 Å². The van der Waals surface area contributed by atoms with Crippen molar-refractivity contribution in [1.82, 2.24) is 0 Å². The summed E-state index contributed by atoms with van der Waals surface area (Å²) in [5, 5.41) is 10.4. The van der Waals surface area contributed by atoms with Crippen molar-refractivity contribution in [3.63, 3.8) is 0 Å². The van der Waals surface area contributed by atoms with Crippen LogP contribution >= 0.6 is 0 Å². The molecule has 0 saturated heterocycles. The summed E-state index contributed by atoms with van der Waals surface area (Å²) < 4.78 is 0.608. The van der Waals surface area contributed by atoms with Gasteiger partial charge in [0.2, 0.25) is 0 Å².